The van der Waals surface area contributed by atoms with Crippen molar-refractivity contribution in [3.05, 3.63) is 18.2 Å². The quantitative estimate of drug-likeness (QED) is 0.694. The molecule has 4 nitrogen and oxygen atoms in total. The summed E-state index contributed by atoms with van der Waals surface area (Å²) < 4.78 is 1.91. The van der Waals surface area contributed by atoms with Gasteiger partial charge in [-0.05, 0) is 19.9 Å². The van der Waals surface area contributed by atoms with Crippen LogP contribution in [0.25, 0.3) is 0 Å². The van der Waals surface area contributed by atoms with Gasteiger partial charge in [-0.15, -0.1) is 0 Å². The second kappa shape index (κ2) is 3.89. The molecule has 0 spiro atoms. The Hall–Kier alpha value is -0.870. The summed E-state index contributed by atoms with van der Waals surface area (Å²) in [4.78, 5) is 4.15. The summed E-state index contributed by atoms with van der Waals surface area (Å²) in [7, 11) is 1.92. The van der Waals surface area contributed by atoms with E-state index < -0.39 is 5.60 Å². The van der Waals surface area contributed by atoms with Crippen molar-refractivity contribution in [2.24, 2.45) is 12.8 Å². The average Bonchev–Trinajstić information content (AvgIpc) is 2.35. The van der Waals surface area contributed by atoms with Crippen LogP contribution in [0.1, 0.15) is 19.2 Å². The van der Waals surface area contributed by atoms with Crippen LogP contribution in [0.3, 0.4) is 0 Å². The number of nitrogens with zero attached hydrogens (tertiary/aromatic N) is 2. The van der Waals surface area contributed by atoms with Gasteiger partial charge in [-0.1, -0.05) is 0 Å². The van der Waals surface area contributed by atoms with Crippen LogP contribution in [0.15, 0.2) is 12.4 Å². The Morgan fingerprint density at radius 3 is 2.85 bits per heavy atom. The average molecular weight is 183 g/mol. The van der Waals surface area contributed by atoms with Crippen molar-refractivity contribution in [3.63, 3.8) is 0 Å². The summed E-state index contributed by atoms with van der Waals surface area (Å²) in [5.41, 5.74) is 4.65. The van der Waals surface area contributed by atoms with Gasteiger partial charge in [0.1, 0.15) is 5.82 Å². The second-order valence-electron chi connectivity index (χ2n) is 3.67. The Labute approximate surface area is 78.4 Å². The number of hydrogen-bond donors (Lipinski definition) is 2. The minimum absolute atomic E-state index is 0.497. The molecule has 0 saturated carbocycles. The topological polar surface area (TPSA) is 64.1 Å². The summed E-state index contributed by atoms with van der Waals surface area (Å²) in [6.45, 7) is 2.28. The third kappa shape index (κ3) is 2.82. The Balaban J connectivity index is 2.63. The van der Waals surface area contributed by atoms with Crippen LogP contribution in [0.4, 0.5) is 0 Å². The van der Waals surface area contributed by atoms with E-state index in [1.807, 2.05) is 17.8 Å². The molecule has 0 saturated heterocycles. The second-order valence-corrected chi connectivity index (χ2v) is 3.67. The zero-order valence-corrected chi connectivity index (χ0v) is 8.20. The van der Waals surface area contributed by atoms with Crippen molar-refractivity contribution in [2.75, 3.05) is 6.54 Å². The Kier molecular flexibility index (Phi) is 3.06. The minimum Gasteiger partial charge on any atom is -0.390 e. The molecule has 1 heterocycles. The van der Waals surface area contributed by atoms with Crippen molar-refractivity contribution in [3.8, 4) is 0 Å². The molecule has 0 radical (unpaired) electrons. The van der Waals surface area contributed by atoms with Crippen LogP contribution in [0, 0.1) is 0 Å². The van der Waals surface area contributed by atoms with Crippen molar-refractivity contribution in [2.45, 2.75) is 25.4 Å². The maximum absolute atomic E-state index is 9.88. The largest absolute Gasteiger partial charge is 0.390 e. The number of aliphatic hydroxyl groups is 1. The van der Waals surface area contributed by atoms with E-state index in [1.165, 1.54) is 0 Å². The third-order valence-corrected chi connectivity index (χ3v) is 2.14. The van der Waals surface area contributed by atoms with Gasteiger partial charge in [0.2, 0.25) is 0 Å². The predicted molar refractivity (Wildman–Crippen MR) is 51.2 cm³/mol. The van der Waals surface area contributed by atoms with Gasteiger partial charge < -0.3 is 15.4 Å². The molecule has 1 atom stereocenters. The molecule has 0 aliphatic carbocycles. The Morgan fingerprint density at radius 2 is 2.38 bits per heavy atom. The first-order valence-electron chi connectivity index (χ1n) is 4.44. The summed E-state index contributed by atoms with van der Waals surface area (Å²) in [6, 6.07) is 0. The first-order chi connectivity index (χ1) is 6.05. The Morgan fingerprint density at radius 1 is 1.69 bits per heavy atom. The lowest BCUT2D eigenvalue weighted by molar-refractivity contribution is 0.0512. The highest BCUT2D eigenvalue weighted by atomic mass is 16.3. The number of rotatable bonds is 4. The van der Waals surface area contributed by atoms with E-state index in [0.717, 1.165) is 5.82 Å². The third-order valence-electron chi connectivity index (χ3n) is 2.14. The molecule has 13 heavy (non-hydrogen) atoms. The van der Waals surface area contributed by atoms with E-state index in [9.17, 15) is 5.11 Å². The SMILES string of the molecule is Cn1ccnc1CC(C)(O)CCN. The number of imidazole rings is 1. The van der Waals surface area contributed by atoms with Gasteiger partial charge in [0, 0.05) is 25.9 Å². The van der Waals surface area contributed by atoms with Gasteiger partial charge in [0.05, 0.1) is 5.60 Å². The highest BCUT2D eigenvalue weighted by molar-refractivity contribution is 4.96. The van der Waals surface area contributed by atoms with Crippen molar-refractivity contribution in [1.29, 1.82) is 0 Å². The van der Waals surface area contributed by atoms with Gasteiger partial charge >= 0.3 is 0 Å². The van der Waals surface area contributed by atoms with Crippen molar-refractivity contribution < 1.29 is 5.11 Å². The van der Waals surface area contributed by atoms with Crippen LogP contribution in [0.2, 0.25) is 0 Å². The van der Waals surface area contributed by atoms with E-state index in [1.54, 1.807) is 13.1 Å². The lowest BCUT2D eigenvalue weighted by Gasteiger charge is -2.21. The number of aryl methyl sites for hydroxylation is 1. The standard InChI is InChI=1S/C9H17N3O/c1-9(13,3-4-10)7-8-11-5-6-12(8)2/h5-6,13H,3-4,7,10H2,1-2H3. The first kappa shape index (κ1) is 10.2. The highest BCUT2D eigenvalue weighted by Gasteiger charge is 2.21. The molecule has 0 bridgehead atoms. The van der Waals surface area contributed by atoms with Crippen LogP contribution in [0.5, 0.6) is 0 Å². The normalized spacial score (nSPS) is 15.7. The van der Waals surface area contributed by atoms with Gasteiger partial charge in [0.15, 0.2) is 0 Å². The molecule has 0 aromatic carbocycles. The molecular weight excluding hydrogens is 166 g/mol. The van der Waals surface area contributed by atoms with Gasteiger partial charge in [0.25, 0.3) is 0 Å². The maximum Gasteiger partial charge on any atom is 0.111 e. The highest BCUT2D eigenvalue weighted by Crippen LogP contribution is 2.14. The number of aromatic nitrogens is 2. The molecule has 4 heteroatoms. The first-order valence-corrected chi connectivity index (χ1v) is 4.44. The molecule has 0 aliphatic heterocycles. The van der Waals surface area contributed by atoms with Gasteiger partial charge in [-0.2, -0.15) is 0 Å². The van der Waals surface area contributed by atoms with Crippen LogP contribution >= 0.6 is 0 Å². The lowest BCUT2D eigenvalue weighted by atomic mass is 9.98. The summed E-state index contributed by atoms with van der Waals surface area (Å²) in [5.74, 6) is 0.887. The molecule has 74 valence electrons. The zero-order chi connectivity index (χ0) is 9.90. The van der Waals surface area contributed by atoms with Crippen LogP contribution < -0.4 is 5.73 Å². The zero-order valence-electron chi connectivity index (χ0n) is 8.20. The van der Waals surface area contributed by atoms with Gasteiger partial charge in [-0.3, -0.25) is 0 Å². The molecule has 1 unspecified atom stereocenters. The van der Waals surface area contributed by atoms with Gasteiger partial charge in [-0.25, -0.2) is 4.98 Å². The van der Waals surface area contributed by atoms with E-state index in [2.05, 4.69) is 4.98 Å². The molecule has 0 fully saturated rings. The van der Waals surface area contributed by atoms with E-state index in [-0.39, 0.29) is 0 Å². The molecular formula is C9H17N3O. The number of nitrogens with two attached hydrogens (primary N) is 1. The Bertz CT molecular complexity index is 268. The summed E-state index contributed by atoms with van der Waals surface area (Å²) >= 11 is 0. The van der Waals surface area contributed by atoms with Crippen molar-refractivity contribution in [1.82, 2.24) is 9.55 Å². The monoisotopic (exact) mass is 183 g/mol. The fourth-order valence-corrected chi connectivity index (χ4v) is 1.31. The fourth-order valence-electron chi connectivity index (χ4n) is 1.31. The molecule has 0 amide bonds. The fraction of sp³-hybridized carbons (Fsp3) is 0.667. The lowest BCUT2D eigenvalue weighted by Crippen LogP contribution is -2.31. The van der Waals surface area contributed by atoms with Crippen molar-refractivity contribution >= 4 is 0 Å². The predicted octanol–water partition coefficient (Wildman–Crippen LogP) is 0.0624. The summed E-state index contributed by atoms with van der Waals surface area (Å²) in [5, 5.41) is 9.88. The van der Waals surface area contributed by atoms with Crippen LogP contribution in [-0.4, -0.2) is 26.8 Å². The van der Waals surface area contributed by atoms with E-state index >= 15 is 0 Å². The molecule has 1 rings (SSSR count). The molecule has 3 N–H and O–H groups in total. The van der Waals surface area contributed by atoms with E-state index in [4.69, 9.17) is 5.73 Å². The molecule has 1 aromatic heterocycles. The smallest absolute Gasteiger partial charge is 0.111 e. The summed E-state index contributed by atoms with van der Waals surface area (Å²) in [6.07, 6.45) is 4.75. The molecule has 1 aromatic rings. The number of hydrogen-bond acceptors (Lipinski definition) is 3. The van der Waals surface area contributed by atoms with E-state index in [0.29, 0.717) is 19.4 Å². The molecule has 0 aliphatic rings. The van der Waals surface area contributed by atoms with Crippen LogP contribution in [-0.2, 0) is 13.5 Å². The maximum atomic E-state index is 9.88. The minimum atomic E-state index is -0.742.